The molecule has 0 atom stereocenters. The third-order valence-corrected chi connectivity index (χ3v) is 5.17. The molecule has 0 fully saturated rings. The molecule has 0 N–H and O–H groups in total. The van der Waals surface area contributed by atoms with Crippen molar-refractivity contribution in [2.24, 2.45) is 0 Å². The van der Waals surface area contributed by atoms with Crippen molar-refractivity contribution in [3.05, 3.63) is 0 Å². The molecule has 0 saturated carbocycles. The van der Waals surface area contributed by atoms with Gasteiger partial charge in [0.05, 0.1) is 0 Å². The second kappa shape index (κ2) is 3.67. The van der Waals surface area contributed by atoms with E-state index in [1.165, 1.54) is 0 Å². The summed E-state index contributed by atoms with van der Waals surface area (Å²) in [6.07, 6.45) is 0. The Labute approximate surface area is 70.0 Å². The molecule has 0 aromatic rings. The monoisotopic (exact) mass is 178 g/mol. The molecule has 3 nitrogen and oxygen atoms in total. The Bertz CT molecular complexity index is 107. The quantitative estimate of drug-likeness (QED) is 0.615. The molecular formula is C7H18O3Si. The lowest BCUT2D eigenvalue weighted by atomic mass is 10.3. The van der Waals surface area contributed by atoms with Gasteiger partial charge in [-0.25, -0.2) is 0 Å². The topological polar surface area (TPSA) is 27.7 Å². The van der Waals surface area contributed by atoms with E-state index < -0.39 is 8.80 Å². The van der Waals surface area contributed by atoms with Crippen LogP contribution < -0.4 is 0 Å². The molecule has 0 aliphatic heterocycles. The first kappa shape index (κ1) is 11.1. The minimum atomic E-state index is -2.42. The molecule has 0 saturated heterocycles. The molecule has 0 radical (unpaired) electrons. The highest BCUT2D eigenvalue weighted by Crippen LogP contribution is 2.36. The van der Waals surface area contributed by atoms with Crippen molar-refractivity contribution in [1.29, 1.82) is 0 Å². The minimum absolute atomic E-state index is 0.0642. The van der Waals surface area contributed by atoms with Crippen molar-refractivity contribution in [3.63, 3.8) is 0 Å². The van der Waals surface area contributed by atoms with E-state index >= 15 is 0 Å². The maximum atomic E-state index is 5.30. The number of hydrogen-bond acceptors (Lipinski definition) is 3. The average Bonchev–Trinajstić information content (AvgIpc) is 1.90. The Morgan fingerprint density at radius 1 is 0.818 bits per heavy atom. The van der Waals surface area contributed by atoms with E-state index in [0.29, 0.717) is 0 Å². The first-order chi connectivity index (χ1) is 4.93. The van der Waals surface area contributed by atoms with Crippen molar-refractivity contribution in [2.45, 2.75) is 25.8 Å². The zero-order valence-corrected chi connectivity index (χ0v) is 9.22. The molecule has 0 spiro atoms. The second-order valence-corrected chi connectivity index (χ2v) is 7.26. The summed E-state index contributed by atoms with van der Waals surface area (Å²) < 4.78 is 15.9. The molecule has 0 aliphatic carbocycles. The van der Waals surface area contributed by atoms with Crippen molar-refractivity contribution in [2.75, 3.05) is 21.3 Å². The number of rotatable bonds is 3. The standard InChI is InChI=1S/C7H18O3Si/c1-7(2,3)11(8-4,9-5)10-6/h1-6H3. The molecule has 0 aliphatic rings. The summed E-state index contributed by atoms with van der Waals surface area (Å²) in [5, 5.41) is -0.0642. The SMILES string of the molecule is CO[Si](OC)(OC)C(C)(C)C. The van der Waals surface area contributed by atoms with Crippen LogP contribution in [0.3, 0.4) is 0 Å². The Morgan fingerprint density at radius 3 is 1.09 bits per heavy atom. The van der Waals surface area contributed by atoms with Gasteiger partial charge in [-0.3, -0.25) is 0 Å². The van der Waals surface area contributed by atoms with Gasteiger partial charge >= 0.3 is 8.80 Å². The first-order valence-electron chi connectivity index (χ1n) is 3.59. The van der Waals surface area contributed by atoms with Gasteiger partial charge in [0.15, 0.2) is 0 Å². The summed E-state index contributed by atoms with van der Waals surface area (Å²) in [7, 11) is 2.47. The lowest BCUT2D eigenvalue weighted by Crippen LogP contribution is -2.51. The molecule has 0 unspecified atom stereocenters. The van der Waals surface area contributed by atoms with E-state index in [-0.39, 0.29) is 5.04 Å². The highest BCUT2D eigenvalue weighted by atomic mass is 28.4. The summed E-state index contributed by atoms with van der Waals surface area (Å²) >= 11 is 0. The largest absolute Gasteiger partial charge is 0.505 e. The summed E-state index contributed by atoms with van der Waals surface area (Å²) in [6, 6.07) is 0. The van der Waals surface area contributed by atoms with Gasteiger partial charge in [0.2, 0.25) is 0 Å². The van der Waals surface area contributed by atoms with Crippen LogP contribution in [-0.4, -0.2) is 30.1 Å². The van der Waals surface area contributed by atoms with Crippen LogP contribution in [0.2, 0.25) is 5.04 Å². The zero-order valence-electron chi connectivity index (χ0n) is 8.22. The lowest BCUT2D eigenvalue weighted by Gasteiger charge is -2.35. The Hall–Kier alpha value is 0.0969. The van der Waals surface area contributed by atoms with E-state index in [0.717, 1.165) is 0 Å². The Balaban J connectivity index is 4.54. The van der Waals surface area contributed by atoms with Crippen LogP contribution in [0.1, 0.15) is 20.8 Å². The van der Waals surface area contributed by atoms with Crippen LogP contribution in [0.4, 0.5) is 0 Å². The summed E-state index contributed by atoms with van der Waals surface area (Å²) in [5.74, 6) is 0. The predicted molar refractivity (Wildman–Crippen MR) is 46.5 cm³/mol. The van der Waals surface area contributed by atoms with Gasteiger partial charge in [-0.1, -0.05) is 20.8 Å². The van der Waals surface area contributed by atoms with Gasteiger partial charge < -0.3 is 13.3 Å². The van der Waals surface area contributed by atoms with Gasteiger partial charge in [-0.05, 0) is 0 Å². The molecule has 0 aromatic carbocycles. The summed E-state index contributed by atoms with van der Waals surface area (Å²) in [6.45, 7) is 6.15. The third-order valence-electron chi connectivity index (χ3n) is 1.72. The second-order valence-electron chi connectivity index (χ2n) is 3.42. The van der Waals surface area contributed by atoms with E-state index in [4.69, 9.17) is 13.3 Å². The van der Waals surface area contributed by atoms with E-state index in [1.807, 2.05) is 0 Å². The Kier molecular flexibility index (Phi) is 3.70. The average molecular weight is 178 g/mol. The zero-order chi connectivity index (χ0) is 9.12. The smallest absolute Gasteiger partial charge is 0.377 e. The maximum absolute atomic E-state index is 5.30. The summed E-state index contributed by atoms with van der Waals surface area (Å²) in [4.78, 5) is 0. The molecule has 0 aromatic heterocycles. The molecule has 11 heavy (non-hydrogen) atoms. The minimum Gasteiger partial charge on any atom is -0.377 e. The van der Waals surface area contributed by atoms with Gasteiger partial charge in [-0.15, -0.1) is 0 Å². The fourth-order valence-electron chi connectivity index (χ4n) is 1.17. The Morgan fingerprint density at radius 2 is 1.09 bits per heavy atom. The number of hydrogen-bond donors (Lipinski definition) is 0. The van der Waals surface area contributed by atoms with Crippen molar-refractivity contribution in [3.8, 4) is 0 Å². The highest BCUT2D eigenvalue weighted by molar-refractivity contribution is 6.63. The first-order valence-corrected chi connectivity index (χ1v) is 5.31. The van der Waals surface area contributed by atoms with Crippen LogP contribution in [0.5, 0.6) is 0 Å². The molecule has 0 amide bonds. The van der Waals surface area contributed by atoms with E-state index in [2.05, 4.69) is 20.8 Å². The lowest BCUT2D eigenvalue weighted by molar-refractivity contribution is 0.0989. The molecule has 0 heterocycles. The fourth-order valence-corrected chi connectivity index (χ4v) is 3.51. The summed E-state index contributed by atoms with van der Waals surface area (Å²) in [5.41, 5.74) is 0. The molecule has 0 bridgehead atoms. The highest BCUT2D eigenvalue weighted by Gasteiger charge is 2.50. The van der Waals surface area contributed by atoms with Crippen molar-refractivity contribution >= 4 is 8.80 Å². The van der Waals surface area contributed by atoms with Gasteiger partial charge in [0.1, 0.15) is 0 Å². The molecular weight excluding hydrogens is 160 g/mol. The maximum Gasteiger partial charge on any atom is 0.505 e. The fraction of sp³-hybridized carbons (Fsp3) is 1.00. The van der Waals surface area contributed by atoms with Crippen LogP contribution in [0, 0.1) is 0 Å². The van der Waals surface area contributed by atoms with Crippen LogP contribution in [0.15, 0.2) is 0 Å². The van der Waals surface area contributed by atoms with Crippen LogP contribution in [0.25, 0.3) is 0 Å². The van der Waals surface area contributed by atoms with Crippen molar-refractivity contribution in [1.82, 2.24) is 0 Å². The third kappa shape index (κ3) is 2.02. The van der Waals surface area contributed by atoms with E-state index in [1.54, 1.807) is 21.3 Å². The molecule has 0 rings (SSSR count). The molecule has 68 valence electrons. The van der Waals surface area contributed by atoms with Crippen molar-refractivity contribution < 1.29 is 13.3 Å². The van der Waals surface area contributed by atoms with Gasteiger partial charge in [0, 0.05) is 26.4 Å². The molecule has 4 heteroatoms. The van der Waals surface area contributed by atoms with E-state index in [9.17, 15) is 0 Å². The predicted octanol–water partition coefficient (Wildman–Crippen LogP) is 1.66. The van der Waals surface area contributed by atoms with Gasteiger partial charge in [0.25, 0.3) is 0 Å². The van der Waals surface area contributed by atoms with Crippen LogP contribution in [-0.2, 0) is 13.3 Å². The van der Waals surface area contributed by atoms with Gasteiger partial charge in [-0.2, -0.15) is 0 Å². The normalized spacial score (nSPS) is 13.6. The van der Waals surface area contributed by atoms with Crippen LogP contribution >= 0.6 is 0 Å².